The van der Waals surface area contributed by atoms with E-state index in [9.17, 15) is 4.39 Å². The third kappa shape index (κ3) is 4.87. The first-order valence-electron chi connectivity index (χ1n) is 7.45. The highest BCUT2D eigenvalue weighted by Gasteiger charge is 2.08. The van der Waals surface area contributed by atoms with Gasteiger partial charge in [0, 0.05) is 0 Å². The molecule has 3 heteroatoms. The Morgan fingerprint density at radius 1 is 0.905 bits per heavy atom. The van der Waals surface area contributed by atoms with E-state index in [-0.39, 0.29) is 5.82 Å². The van der Waals surface area contributed by atoms with Gasteiger partial charge in [-0.15, -0.1) is 0 Å². The molecule has 2 aromatic rings. The van der Waals surface area contributed by atoms with Crippen LogP contribution in [-0.2, 0) is 12.8 Å². The van der Waals surface area contributed by atoms with Crippen LogP contribution < -0.4 is 10.5 Å². The van der Waals surface area contributed by atoms with Crippen molar-refractivity contribution in [3.05, 3.63) is 65.5 Å². The van der Waals surface area contributed by atoms with Crippen molar-refractivity contribution in [2.45, 2.75) is 25.7 Å². The van der Waals surface area contributed by atoms with Gasteiger partial charge in [0.05, 0.1) is 6.61 Å². The Morgan fingerprint density at radius 2 is 1.71 bits per heavy atom. The lowest BCUT2D eigenvalue weighted by Crippen LogP contribution is -2.07. The molecular formula is C18H22FNO. The Kier molecular flexibility index (Phi) is 6.22. The van der Waals surface area contributed by atoms with Crippen molar-refractivity contribution in [1.29, 1.82) is 0 Å². The number of hydrogen-bond acceptors (Lipinski definition) is 2. The molecule has 2 N–H and O–H groups in total. The summed E-state index contributed by atoms with van der Waals surface area (Å²) in [5.74, 6) is 0.0617. The summed E-state index contributed by atoms with van der Waals surface area (Å²) in [7, 11) is 0. The fourth-order valence-electron chi connectivity index (χ4n) is 2.32. The van der Waals surface area contributed by atoms with Crippen molar-refractivity contribution in [1.82, 2.24) is 0 Å². The predicted octanol–water partition coefficient (Wildman–Crippen LogP) is 3.73. The zero-order chi connectivity index (χ0) is 14.9. The minimum atomic E-state index is -0.302. The molecule has 0 fully saturated rings. The van der Waals surface area contributed by atoms with Crippen LogP contribution in [0.2, 0.25) is 0 Å². The van der Waals surface area contributed by atoms with Crippen LogP contribution >= 0.6 is 0 Å². The molecule has 0 aliphatic rings. The monoisotopic (exact) mass is 287 g/mol. The van der Waals surface area contributed by atoms with Gasteiger partial charge in [-0.25, -0.2) is 4.39 Å². The number of aryl methyl sites for hydroxylation is 1. The van der Waals surface area contributed by atoms with E-state index >= 15 is 0 Å². The summed E-state index contributed by atoms with van der Waals surface area (Å²) in [6, 6.07) is 15.4. The smallest absolute Gasteiger partial charge is 0.165 e. The van der Waals surface area contributed by atoms with Gasteiger partial charge in [-0.2, -0.15) is 0 Å². The molecule has 0 aliphatic heterocycles. The van der Waals surface area contributed by atoms with Gasteiger partial charge >= 0.3 is 0 Å². The number of ether oxygens (including phenoxy) is 1. The molecule has 0 aliphatic carbocycles. The van der Waals surface area contributed by atoms with E-state index in [0.29, 0.717) is 25.3 Å². The number of unbranched alkanes of at least 4 members (excludes halogenated alkanes) is 1. The van der Waals surface area contributed by atoms with Crippen molar-refractivity contribution < 1.29 is 9.13 Å². The molecule has 0 spiro atoms. The summed E-state index contributed by atoms with van der Waals surface area (Å²) >= 11 is 0. The molecule has 0 bridgehead atoms. The zero-order valence-electron chi connectivity index (χ0n) is 12.2. The number of hydrogen-bond donors (Lipinski definition) is 1. The van der Waals surface area contributed by atoms with Crippen LogP contribution in [0.15, 0.2) is 48.5 Å². The Hall–Kier alpha value is -1.87. The van der Waals surface area contributed by atoms with E-state index in [4.69, 9.17) is 10.5 Å². The lowest BCUT2D eigenvalue weighted by Gasteiger charge is -2.12. The lowest BCUT2D eigenvalue weighted by molar-refractivity contribution is 0.289. The molecule has 0 saturated heterocycles. The van der Waals surface area contributed by atoms with Crippen molar-refractivity contribution in [3.8, 4) is 5.75 Å². The molecular weight excluding hydrogens is 265 g/mol. The molecule has 2 nitrogen and oxygen atoms in total. The standard InChI is InChI=1S/C18H22FNO/c19-17-11-6-10-16(12-13-20)18(17)21-14-5-4-9-15-7-2-1-3-8-15/h1-3,6-8,10-11H,4-5,9,12-14,20H2. The zero-order valence-corrected chi connectivity index (χ0v) is 12.2. The highest BCUT2D eigenvalue weighted by Crippen LogP contribution is 2.23. The maximum Gasteiger partial charge on any atom is 0.165 e. The van der Waals surface area contributed by atoms with Gasteiger partial charge in [0.2, 0.25) is 0 Å². The molecule has 0 unspecified atom stereocenters. The van der Waals surface area contributed by atoms with E-state index in [1.165, 1.54) is 11.6 Å². The highest BCUT2D eigenvalue weighted by atomic mass is 19.1. The topological polar surface area (TPSA) is 35.2 Å². The van der Waals surface area contributed by atoms with E-state index in [0.717, 1.165) is 24.8 Å². The average molecular weight is 287 g/mol. The summed E-state index contributed by atoms with van der Waals surface area (Å²) < 4.78 is 19.4. The third-order valence-corrected chi connectivity index (χ3v) is 3.41. The van der Waals surface area contributed by atoms with Crippen LogP contribution in [0.25, 0.3) is 0 Å². The highest BCUT2D eigenvalue weighted by molar-refractivity contribution is 5.35. The fourth-order valence-corrected chi connectivity index (χ4v) is 2.32. The van der Waals surface area contributed by atoms with E-state index < -0.39 is 0 Å². The number of benzene rings is 2. The first kappa shape index (κ1) is 15.5. The molecule has 0 amide bonds. The minimum absolute atomic E-state index is 0.302. The maximum atomic E-state index is 13.8. The quantitative estimate of drug-likeness (QED) is 0.751. The number of para-hydroxylation sites is 1. The second-order valence-corrected chi connectivity index (χ2v) is 5.06. The van der Waals surface area contributed by atoms with Gasteiger partial charge in [0.15, 0.2) is 11.6 Å². The normalized spacial score (nSPS) is 10.6. The van der Waals surface area contributed by atoms with E-state index in [2.05, 4.69) is 12.1 Å². The first-order chi connectivity index (χ1) is 10.3. The molecule has 2 aromatic carbocycles. The molecule has 0 atom stereocenters. The molecule has 21 heavy (non-hydrogen) atoms. The summed E-state index contributed by atoms with van der Waals surface area (Å²) in [6.45, 7) is 1.03. The van der Waals surface area contributed by atoms with Gasteiger partial charge in [0.1, 0.15) is 0 Å². The second-order valence-electron chi connectivity index (χ2n) is 5.06. The predicted molar refractivity (Wildman–Crippen MR) is 84.0 cm³/mol. The molecule has 0 saturated carbocycles. The maximum absolute atomic E-state index is 13.8. The molecule has 2 rings (SSSR count). The van der Waals surface area contributed by atoms with Crippen LogP contribution in [0.5, 0.6) is 5.75 Å². The third-order valence-electron chi connectivity index (χ3n) is 3.41. The summed E-state index contributed by atoms with van der Waals surface area (Å²) in [5.41, 5.74) is 7.72. The lowest BCUT2D eigenvalue weighted by atomic mass is 10.1. The van der Waals surface area contributed by atoms with E-state index in [1.54, 1.807) is 6.07 Å². The van der Waals surface area contributed by atoms with Crippen molar-refractivity contribution in [2.75, 3.05) is 13.2 Å². The van der Waals surface area contributed by atoms with Crippen LogP contribution in [0.4, 0.5) is 4.39 Å². The molecule has 0 radical (unpaired) electrons. The van der Waals surface area contributed by atoms with Crippen LogP contribution in [0, 0.1) is 5.82 Å². The summed E-state index contributed by atoms with van der Waals surface area (Å²) in [6.07, 6.45) is 3.60. The average Bonchev–Trinajstić information content (AvgIpc) is 2.51. The van der Waals surface area contributed by atoms with Gasteiger partial charge in [0.25, 0.3) is 0 Å². The number of halogens is 1. The SMILES string of the molecule is NCCc1cccc(F)c1OCCCCc1ccccc1. The molecule has 112 valence electrons. The van der Waals surface area contributed by atoms with Gasteiger partial charge < -0.3 is 10.5 Å². The van der Waals surface area contributed by atoms with Crippen molar-refractivity contribution >= 4 is 0 Å². The van der Waals surface area contributed by atoms with Gasteiger partial charge in [-0.3, -0.25) is 0 Å². The van der Waals surface area contributed by atoms with Gasteiger partial charge in [-0.05, 0) is 49.4 Å². The number of nitrogens with two attached hydrogens (primary N) is 1. The van der Waals surface area contributed by atoms with Gasteiger partial charge in [-0.1, -0.05) is 42.5 Å². The van der Waals surface area contributed by atoms with Crippen LogP contribution in [0.3, 0.4) is 0 Å². The first-order valence-corrected chi connectivity index (χ1v) is 7.45. The second kappa shape index (κ2) is 8.42. The summed E-state index contributed by atoms with van der Waals surface area (Å²) in [4.78, 5) is 0. The Morgan fingerprint density at radius 3 is 2.48 bits per heavy atom. The fraction of sp³-hybridized carbons (Fsp3) is 0.333. The Bertz CT molecular complexity index is 542. The summed E-state index contributed by atoms with van der Waals surface area (Å²) in [5, 5.41) is 0. The molecule has 0 heterocycles. The molecule has 0 aromatic heterocycles. The Labute approximate surface area is 125 Å². The van der Waals surface area contributed by atoms with Crippen LogP contribution in [0.1, 0.15) is 24.0 Å². The van der Waals surface area contributed by atoms with Crippen molar-refractivity contribution in [2.24, 2.45) is 5.73 Å². The van der Waals surface area contributed by atoms with Crippen molar-refractivity contribution in [3.63, 3.8) is 0 Å². The largest absolute Gasteiger partial charge is 0.490 e. The van der Waals surface area contributed by atoms with Crippen LogP contribution in [-0.4, -0.2) is 13.2 Å². The Balaban J connectivity index is 1.78. The minimum Gasteiger partial charge on any atom is -0.490 e. The van der Waals surface area contributed by atoms with E-state index in [1.807, 2.05) is 24.3 Å². The number of rotatable bonds is 8.